The minimum Gasteiger partial charge on any atom is -0.478 e. The minimum atomic E-state index is -1.04. The Bertz CT molecular complexity index is 1030. The molecule has 0 spiro atoms. The Morgan fingerprint density at radius 2 is 1.86 bits per heavy atom. The number of thiazole rings is 1. The fourth-order valence-corrected chi connectivity index (χ4v) is 4.57. The number of nitrogens with zero attached hydrogens (tertiary/aromatic N) is 2. The maximum atomic E-state index is 13.3. The molecule has 1 N–H and O–H groups in total. The number of carboxylic acid groups (broad SMARTS) is 1. The van der Waals surface area contributed by atoms with Crippen LogP contribution in [0.4, 0.5) is 0 Å². The minimum absolute atomic E-state index is 0.0418. The Kier molecular flexibility index (Phi) is 4.96. The van der Waals surface area contributed by atoms with Crippen molar-refractivity contribution in [1.29, 1.82) is 0 Å². The summed E-state index contributed by atoms with van der Waals surface area (Å²) in [6, 6.07) is 14.3. The number of carbonyl (C=O) groups is 2. The van der Waals surface area contributed by atoms with E-state index >= 15 is 0 Å². The Morgan fingerprint density at radius 3 is 2.54 bits per heavy atom. The number of hydrogen-bond donors (Lipinski definition) is 1. The molecule has 0 bridgehead atoms. The fourth-order valence-electron chi connectivity index (χ4n) is 3.63. The molecule has 1 aromatic heterocycles. The molecule has 0 aliphatic carbocycles. The third-order valence-corrected chi connectivity index (χ3v) is 6.03. The van der Waals surface area contributed by atoms with Crippen LogP contribution in [-0.4, -0.2) is 33.4 Å². The lowest BCUT2D eigenvalue weighted by atomic mass is 9.99. The van der Waals surface area contributed by atoms with Crippen LogP contribution in [0.5, 0.6) is 0 Å². The monoisotopic (exact) mass is 392 g/mol. The molecule has 0 radical (unpaired) electrons. The third-order valence-electron chi connectivity index (χ3n) is 4.97. The van der Waals surface area contributed by atoms with Gasteiger partial charge in [-0.3, -0.25) is 4.79 Å². The summed E-state index contributed by atoms with van der Waals surface area (Å²) >= 11 is 1.57. The summed E-state index contributed by atoms with van der Waals surface area (Å²) in [5.74, 6) is -1.18. The molecule has 1 atom stereocenters. The smallest absolute Gasteiger partial charge is 0.335 e. The van der Waals surface area contributed by atoms with Gasteiger partial charge in [0.2, 0.25) is 0 Å². The molecular weight excluding hydrogens is 372 g/mol. The van der Waals surface area contributed by atoms with E-state index in [0.717, 1.165) is 34.7 Å². The maximum absolute atomic E-state index is 13.3. The van der Waals surface area contributed by atoms with Gasteiger partial charge in [-0.15, -0.1) is 11.3 Å². The number of aromatic nitrogens is 1. The molecule has 0 saturated carbocycles. The molecule has 5 nitrogen and oxygen atoms in total. The van der Waals surface area contributed by atoms with Gasteiger partial charge in [-0.2, -0.15) is 0 Å². The van der Waals surface area contributed by atoms with Crippen molar-refractivity contribution in [3.05, 3.63) is 75.7 Å². The predicted octanol–water partition coefficient (Wildman–Crippen LogP) is 4.79. The molecule has 0 unspecified atom stereocenters. The number of benzene rings is 2. The van der Waals surface area contributed by atoms with Crippen molar-refractivity contribution in [3.63, 3.8) is 0 Å². The van der Waals surface area contributed by atoms with Crippen molar-refractivity contribution in [1.82, 2.24) is 9.88 Å². The molecule has 3 aromatic rings. The molecule has 4 rings (SSSR count). The number of rotatable bonds is 4. The van der Waals surface area contributed by atoms with Gasteiger partial charge < -0.3 is 10.0 Å². The topological polar surface area (TPSA) is 70.5 Å². The van der Waals surface area contributed by atoms with Crippen LogP contribution in [0, 0.1) is 6.92 Å². The summed E-state index contributed by atoms with van der Waals surface area (Å²) in [4.78, 5) is 31.3. The Morgan fingerprint density at radius 1 is 1.11 bits per heavy atom. The number of hydrogen-bond acceptors (Lipinski definition) is 4. The molecule has 1 saturated heterocycles. The highest BCUT2D eigenvalue weighted by Crippen LogP contribution is 2.35. The third kappa shape index (κ3) is 3.55. The van der Waals surface area contributed by atoms with Gasteiger partial charge in [-0.1, -0.05) is 30.3 Å². The van der Waals surface area contributed by atoms with E-state index in [9.17, 15) is 14.7 Å². The quantitative estimate of drug-likeness (QED) is 0.693. The van der Waals surface area contributed by atoms with E-state index in [2.05, 4.69) is 4.98 Å². The van der Waals surface area contributed by atoms with Crippen molar-refractivity contribution in [3.8, 4) is 11.1 Å². The first-order chi connectivity index (χ1) is 13.5. The van der Waals surface area contributed by atoms with Crippen LogP contribution in [0.25, 0.3) is 11.1 Å². The number of likely N-dealkylation sites (tertiary alicyclic amines) is 1. The molecule has 6 heteroatoms. The molecule has 1 fully saturated rings. The Hall–Kier alpha value is -2.99. The van der Waals surface area contributed by atoms with Gasteiger partial charge >= 0.3 is 5.97 Å². The largest absolute Gasteiger partial charge is 0.478 e. The first-order valence-electron chi connectivity index (χ1n) is 9.20. The number of amides is 1. The van der Waals surface area contributed by atoms with Crippen molar-refractivity contribution >= 4 is 23.2 Å². The van der Waals surface area contributed by atoms with Crippen LogP contribution >= 0.6 is 11.3 Å². The van der Waals surface area contributed by atoms with Gasteiger partial charge in [0.25, 0.3) is 5.91 Å². The maximum Gasteiger partial charge on any atom is 0.335 e. The van der Waals surface area contributed by atoms with Gasteiger partial charge in [0.15, 0.2) is 0 Å². The summed E-state index contributed by atoms with van der Waals surface area (Å²) in [5.41, 5.74) is 3.08. The molecule has 1 aliphatic heterocycles. The molecule has 2 aromatic carbocycles. The highest BCUT2D eigenvalue weighted by molar-refractivity contribution is 7.09. The highest BCUT2D eigenvalue weighted by Gasteiger charge is 2.33. The van der Waals surface area contributed by atoms with Gasteiger partial charge in [0.05, 0.1) is 11.6 Å². The van der Waals surface area contributed by atoms with Crippen LogP contribution in [0.2, 0.25) is 0 Å². The number of aryl methyl sites for hydroxylation is 1. The Labute approximate surface area is 167 Å². The summed E-state index contributed by atoms with van der Waals surface area (Å²) in [7, 11) is 0. The molecular formula is C22H20N2O3S. The van der Waals surface area contributed by atoms with E-state index < -0.39 is 5.97 Å². The zero-order valence-electron chi connectivity index (χ0n) is 15.5. The van der Waals surface area contributed by atoms with Crippen molar-refractivity contribution in [2.24, 2.45) is 0 Å². The summed E-state index contributed by atoms with van der Waals surface area (Å²) in [6.07, 6.45) is 1.79. The summed E-state index contributed by atoms with van der Waals surface area (Å²) in [5, 5.41) is 12.5. The zero-order valence-corrected chi connectivity index (χ0v) is 16.3. The lowest BCUT2D eigenvalue weighted by molar-refractivity contribution is 0.0697. The summed E-state index contributed by atoms with van der Waals surface area (Å²) < 4.78 is 0. The molecule has 2 heterocycles. The van der Waals surface area contributed by atoms with Gasteiger partial charge in [-0.05, 0) is 49.1 Å². The van der Waals surface area contributed by atoms with Crippen LogP contribution in [0.1, 0.15) is 50.3 Å². The van der Waals surface area contributed by atoms with Gasteiger partial charge in [-0.25, -0.2) is 9.78 Å². The Balaban J connectivity index is 1.72. The molecule has 142 valence electrons. The van der Waals surface area contributed by atoms with Crippen LogP contribution < -0.4 is 0 Å². The van der Waals surface area contributed by atoms with E-state index in [1.54, 1.807) is 23.5 Å². The second kappa shape index (κ2) is 7.56. The predicted molar refractivity (Wildman–Crippen MR) is 109 cm³/mol. The number of carboxylic acids is 1. The first-order valence-corrected chi connectivity index (χ1v) is 10.1. The normalized spacial score (nSPS) is 16.3. The van der Waals surface area contributed by atoms with E-state index in [1.165, 1.54) is 6.07 Å². The fraction of sp³-hybridized carbons (Fsp3) is 0.227. The second-order valence-corrected chi connectivity index (χ2v) is 7.84. The molecule has 28 heavy (non-hydrogen) atoms. The lowest BCUT2D eigenvalue weighted by Gasteiger charge is -2.23. The average Bonchev–Trinajstić information content (AvgIpc) is 3.36. The van der Waals surface area contributed by atoms with Gasteiger partial charge in [0, 0.05) is 23.2 Å². The van der Waals surface area contributed by atoms with E-state index in [0.29, 0.717) is 12.1 Å². The van der Waals surface area contributed by atoms with Crippen LogP contribution in [0.3, 0.4) is 0 Å². The van der Waals surface area contributed by atoms with E-state index in [-0.39, 0.29) is 17.5 Å². The number of aromatic carboxylic acids is 1. The zero-order chi connectivity index (χ0) is 19.7. The number of carbonyl (C=O) groups excluding carboxylic acids is 1. The summed E-state index contributed by atoms with van der Waals surface area (Å²) in [6.45, 7) is 2.60. The van der Waals surface area contributed by atoms with Gasteiger partial charge in [0.1, 0.15) is 5.01 Å². The van der Waals surface area contributed by atoms with Crippen LogP contribution in [0.15, 0.2) is 53.9 Å². The highest BCUT2D eigenvalue weighted by atomic mass is 32.1. The standard InChI is InChI=1S/C22H20N2O3S/c1-14-13-28-20(23-14)19-8-5-9-24(19)21(25)17-10-16(11-18(12-17)22(26)27)15-6-3-2-4-7-15/h2-4,6-7,10-13,19H,5,8-9H2,1H3,(H,26,27)/t19-/m1/s1. The molecule has 1 aliphatic rings. The van der Waals surface area contributed by atoms with E-state index in [4.69, 9.17) is 0 Å². The van der Waals surface area contributed by atoms with E-state index in [1.807, 2.05) is 47.5 Å². The van der Waals surface area contributed by atoms with Crippen molar-refractivity contribution < 1.29 is 14.7 Å². The van der Waals surface area contributed by atoms with Crippen molar-refractivity contribution in [2.75, 3.05) is 6.54 Å². The second-order valence-electron chi connectivity index (χ2n) is 6.95. The lowest BCUT2D eigenvalue weighted by Crippen LogP contribution is -2.30. The van der Waals surface area contributed by atoms with Crippen molar-refractivity contribution in [2.45, 2.75) is 25.8 Å². The average molecular weight is 392 g/mol. The van der Waals surface area contributed by atoms with Crippen LogP contribution in [-0.2, 0) is 0 Å². The molecule has 1 amide bonds. The SMILES string of the molecule is Cc1csc([C@H]2CCCN2C(=O)c2cc(C(=O)O)cc(-c3ccccc3)c2)n1. The first kappa shape index (κ1) is 18.4.